The summed E-state index contributed by atoms with van der Waals surface area (Å²) in [6.45, 7) is 0.757. The number of nitrogens with one attached hydrogen (secondary N) is 1. The number of H-pyrrole nitrogens is 1. The van der Waals surface area contributed by atoms with E-state index >= 15 is 0 Å². The zero-order valence-electron chi connectivity index (χ0n) is 15.4. The van der Waals surface area contributed by atoms with Crippen molar-refractivity contribution < 1.29 is 18.8 Å². The van der Waals surface area contributed by atoms with E-state index in [1.54, 1.807) is 4.90 Å². The Morgan fingerprint density at radius 3 is 2.96 bits per heavy atom. The molecule has 0 unspecified atom stereocenters. The zero-order chi connectivity index (χ0) is 19.7. The monoisotopic (exact) mass is 383 g/mol. The van der Waals surface area contributed by atoms with Crippen molar-refractivity contribution in [2.24, 2.45) is 11.7 Å². The van der Waals surface area contributed by atoms with Crippen molar-refractivity contribution >= 4 is 22.7 Å². The van der Waals surface area contributed by atoms with Crippen molar-refractivity contribution in [2.75, 3.05) is 20.2 Å². The molecular formula is C19H21N5O4. The topological polar surface area (TPSA) is 127 Å². The maximum atomic E-state index is 12.9. The van der Waals surface area contributed by atoms with Gasteiger partial charge in [0, 0.05) is 37.3 Å². The number of amides is 2. The minimum atomic E-state index is -0.567. The van der Waals surface area contributed by atoms with E-state index in [-0.39, 0.29) is 25.5 Å². The Bertz CT molecular complexity index is 1010. The summed E-state index contributed by atoms with van der Waals surface area (Å²) >= 11 is 0. The predicted octanol–water partition coefficient (Wildman–Crippen LogP) is 0.967. The Hall–Kier alpha value is -3.20. The van der Waals surface area contributed by atoms with Gasteiger partial charge >= 0.3 is 0 Å². The molecule has 3 heterocycles. The number of hydrogen-bond acceptors (Lipinski definition) is 6. The van der Waals surface area contributed by atoms with Crippen LogP contribution in [0.5, 0.6) is 0 Å². The minimum absolute atomic E-state index is 0.0740. The maximum absolute atomic E-state index is 12.9. The second-order valence-corrected chi connectivity index (χ2v) is 6.93. The molecule has 146 valence electrons. The number of ether oxygens (including phenoxy) is 1. The van der Waals surface area contributed by atoms with Gasteiger partial charge in [0.05, 0.1) is 18.3 Å². The fourth-order valence-corrected chi connectivity index (χ4v) is 3.70. The van der Waals surface area contributed by atoms with E-state index in [9.17, 15) is 9.59 Å². The number of nitrogens with zero attached hydrogens (tertiary/aromatic N) is 3. The molecule has 0 saturated carbocycles. The summed E-state index contributed by atoms with van der Waals surface area (Å²) in [5.41, 5.74) is 7.47. The molecular weight excluding hydrogens is 362 g/mol. The Labute approximate surface area is 160 Å². The van der Waals surface area contributed by atoms with Crippen molar-refractivity contribution in [3.05, 3.63) is 47.7 Å². The van der Waals surface area contributed by atoms with E-state index in [0.29, 0.717) is 18.3 Å². The number of aromatic nitrogens is 3. The number of rotatable bonds is 6. The standard InChI is InChI=1S/C19H21N5O4/c1-27-10-16-22-19(28-23-16)14-9-24(8-13(14)18(20)26)17(25)6-11-7-21-15-5-3-2-4-12(11)15/h2-5,7,13-14,21H,6,8-10H2,1H3,(H2,20,26)/t13-,14-/m1/s1. The van der Waals surface area contributed by atoms with Crippen LogP contribution >= 0.6 is 0 Å². The number of benzene rings is 1. The molecule has 9 heteroatoms. The van der Waals surface area contributed by atoms with Gasteiger partial charge < -0.3 is 24.9 Å². The molecule has 0 bridgehead atoms. The number of likely N-dealkylation sites (tertiary alicyclic amines) is 1. The summed E-state index contributed by atoms with van der Waals surface area (Å²) in [5, 5.41) is 4.85. The first-order valence-electron chi connectivity index (χ1n) is 9.00. The van der Waals surface area contributed by atoms with Crippen molar-refractivity contribution in [1.29, 1.82) is 0 Å². The molecule has 1 fully saturated rings. The number of carbonyl (C=O) groups excluding carboxylic acids is 2. The highest BCUT2D eigenvalue weighted by Crippen LogP contribution is 2.32. The quantitative estimate of drug-likeness (QED) is 0.653. The molecule has 1 saturated heterocycles. The number of carbonyl (C=O) groups is 2. The highest BCUT2D eigenvalue weighted by Gasteiger charge is 2.42. The van der Waals surface area contributed by atoms with Crippen LogP contribution in [0.1, 0.15) is 23.2 Å². The van der Waals surface area contributed by atoms with Gasteiger partial charge in [-0.25, -0.2) is 0 Å². The van der Waals surface area contributed by atoms with E-state index in [1.165, 1.54) is 7.11 Å². The van der Waals surface area contributed by atoms with Gasteiger partial charge in [0.2, 0.25) is 17.7 Å². The fourth-order valence-electron chi connectivity index (χ4n) is 3.70. The third kappa shape index (κ3) is 3.36. The summed E-state index contributed by atoms with van der Waals surface area (Å²) in [6.07, 6.45) is 2.08. The molecule has 3 N–H and O–H groups in total. The molecule has 1 aliphatic heterocycles. The van der Waals surface area contributed by atoms with Crippen LogP contribution in [0.3, 0.4) is 0 Å². The average molecular weight is 383 g/mol. The number of primary amides is 1. The van der Waals surface area contributed by atoms with E-state index in [1.807, 2.05) is 30.5 Å². The van der Waals surface area contributed by atoms with Gasteiger partial charge in [-0.3, -0.25) is 9.59 Å². The first-order valence-corrected chi connectivity index (χ1v) is 9.00. The van der Waals surface area contributed by atoms with Gasteiger partial charge in [-0.15, -0.1) is 0 Å². The van der Waals surface area contributed by atoms with Crippen molar-refractivity contribution in [1.82, 2.24) is 20.0 Å². The lowest BCUT2D eigenvalue weighted by Crippen LogP contribution is -2.32. The molecule has 2 atom stereocenters. The van der Waals surface area contributed by atoms with Crippen molar-refractivity contribution in [3.8, 4) is 0 Å². The summed E-state index contributed by atoms with van der Waals surface area (Å²) in [6, 6.07) is 7.82. The van der Waals surface area contributed by atoms with Crippen LogP contribution in [0, 0.1) is 5.92 Å². The summed E-state index contributed by atoms with van der Waals surface area (Å²) in [7, 11) is 1.53. The van der Waals surface area contributed by atoms with Crippen molar-refractivity contribution in [2.45, 2.75) is 18.9 Å². The highest BCUT2D eigenvalue weighted by atomic mass is 16.5. The third-order valence-corrected chi connectivity index (χ3v) is 5.13. The largest absolute Gasteiger partial charge is 0.377 e. The average Bonchev–Trinajstić information content (AvgIpc) is 3.40. The SMILES string of the molecule is COCc1noc([C@@H]2CN(C(=O)Cc3c[nH]c4ccccc34)C[C@H]2C(N)=O)n1. The predicted molar refractivity (Wildman–Crippen MR) is 99.0 cm³/mol. The second kappa shape index (κ2) is 7.43. The van der Waals surface area contributed by atoms with Crippen LogP contribution in [0.2, 0.25) is 0 Å². The Morgan fingerprint density at radius 2 is 2.18 bits per heavy atom. The summed E-state index contributed by atoms with van der Waals surface area (Å²) < 4.78 is 10.3. The third-order valence-electron chi connectivity index (χ3n) is 5.13. The van der Waals surface area contributed by atoms with E-state index < -0.39 is 17.7 Å². The lowest BCUT2D eigenvalue weighted by Gasteiger charge is -2.15. The van der Waals surface area contributed by atoms with Gasteiger partial charge in [-0.1, -0.05) is 23.4 Å². The number of para-hydroxylation sites is 1. The van der Waals surface area contributed by atoms with Crippen molar-refractivity contribution in [3.63, 3.8) is 0 Å². The summed E-state index contributed by atoms with van der Waals surface area (Å²) in [4.78, 5) is 33.9. The van der Waals surface area contributed by atoms with Crippen LogP contribution in [-0.2, 0) is 27.4 Å². The molecule has 0 radical (unpaired) electrons. The van der Waals surface area contributed by atoms with Gasteiger partial charge in [0.15, 0.2) is 5.82 Å². The summed E-state index contributed by atoms with van der Waals surface area (Å²) in [5.74, 6) is -0.846. The number of hydrogen-bond donors (Lipinski definition) is 2. The Morgan fingerprint density at radius 1 is 1.36 bits per heavy atom. The van der Waals surface area contributed by atoms with Gasteiger partial charge in [0.25, 0.3) is 0 Å². The lowest BCUT2D eigenvalue weighted by molar-refractivity contribution is -0.129. The van der Waals surface area contributed by atoms with Crippen LogP contribution in [-0.4, -0.2) is 52.0 Å². The first kappa shape index (κ1) is 18.2. The molecule has 1 aliphatic rings. The molecule has 0 spiro atoms. The number of methoxy groups -OCH3 is 1. The molecule has 28 heavy (non-hydrogen) atoms. The molecule has 3 aromatic rings. The van der Waals surface area contributed by atoms with Gasteiger partial charge in [-0.05, 0) is 11.6 Å². The molecule has 9 nitrogen and oxygen atoms in total. The van der Waals surface area contributed by atoms with E-state index in [0.717, 1.165) is 16.5 Å². The number of fused-ring (bicyclic) bond motifs is 1. The van der Waals surface area contributed by atoms with Crippen LogP contribution < -0.4 is 5.73 Å². The van der Waals surface area contributed by atoms with Gasteiger partial charge in [0.1, 0.15) is 6.61 Å². The van der Waals surface area contributed by atoms with E-state index in [4.69, 9.17) is 15.0 Å². The normalized spacial score (nSPS) is 19.4. The highest BCUT2D eigenvalue weighted by molar-refractivity contribution is 5.89. The number of aromatic amines is 1. The van der Waals surface area contributed by atoms with Gasteiger partial charge in [-0.2, -0.15) is 4.98 Å². The molecule has 1 aromatic carbocycles. The zero-order valence-corrected chi connectivity index (χ0v) is 15.4. The lowest BCUT2D eigenvalue weighted by atomic mass is 9.95. The van der Waals surface area contributed by atoms with E-state index in [2.05, 4.69) is 15.1 Å². The molecule has 2 aromatic heterocycles. The number of nitrogens with two attached hydrogens (primary N) is 1. The maximum Gasteiger partial charge on any atom is 0.232 e. The fraction of sp³-hybridized carbons (Fsp3) is 0.368. The molecule has 2 amide bonds. The smallest absolute Gasteiger partial charge is 0.232 e. The second-order valence-electron chi connectivity index (χ2n) is 6.93. The van der Waals surface area contributed by atoms with Crippen LogP contribution in [0.4, 0.5) is 0 Å². The van der Waals surface area contributed by atoms with Crippen LogP contribution in [0.15, 0.2) is 35.0 Å². The van der Waals surface area contributed by atoms with Crippen LogP contribution in [0.25, 0.3) is 10.9 Å². The molecule has 0 aliphatic carbocycles. The Balaban J connectivity index is 1.51. The minimum Gasteiger partial charge on any atom is -0.377 e. The molecule has 4 rings (SSSR count). The Kier molecular flexibility index (Phi) is 4.82. The first-order chi connectivity index (χ1) is 13.6.